The molecule has 0 unspecified atom stereocenters. The lowest BCUT2D eigenvalue weighted by Crippen LogP contribution is -2.47. The molecule has 4 nitrogen and oxygen atoms in total. The first-order chi connectivity index (χ1) is 9.72. The van der Waals surface area contributed by atoms with Crippen molar-refractivity contribution in [2.45, 2.75) is 51.7 Å². The van der Waals surface area contributed by atoms with Crippen LogP contribution in [0.5, 0.6) is 0 Å². The van der Waals surface area contributed by atoms with Crippen LogP contribution < -0.4 is 0 Å². The molecular formula is C16H25N3O. The topological polar surface area (TPSA) is 38.2 Å². The molecule has 0 bridgehead atoms. The highest BCUT2D eigenvalue weighted by Gasteiger charge is 2.45. The van der Waals surface area contributed by atoms with Gasteiger partial charge in [-0.15, -0.1) is 0 Å². The lowest BCUT2D eigenvalue weighted by Gasteiger charge is -2.43. The molecule has 4 heteroatoms. The Morgan fingerprint density at radius 1 is 1.30 bits per heavy atom. The molecule has 2 atom stereocenters. The van der Waals surface area contributed by atoms with Gasteiger partial charge in [0.15, 0.2) is 0 Å². The van der Waals surface area contributed by atoms with Crippen molar-refractivity contribution in [3.05, 3.63) is 23.8 Å². The van der Waals surface area contributed by atoms with Gasteiger partial charge in [0.1, 0.15) is 5.82 Å². The summed E-state index contributed by atoms with van der Waals surface area (Å²) in [4.78, 5) is 11.2. The first kappa shape index (κ1) is 14.0. The Hall–Kier alpha value is -1.00. The second-order valence-electron chi connectivity index (χ2n) is 6.43. The molecule has 1 saturated heterocycles. The third-order valence-corrected chi connectivity index (χ3v) is 5.04. The molecular weight excluding hydrogens is 250 g/mol. The Labute approximate surface area is 121 Å². The summed E-state index contributed by atoms with van der Waals surface area (Å²) in [6, 6.07) is 0. The van der Waals surface area contributed by atoms with Crippen LogP contribution in [0, 0.1) is 12.3 Å². The molecule has 110 valence electrons. The van der Waals surface area contributed by atoms with Gasteiger partial charge in [-0.05, 0) is 39.2 Å². The number of nitrogens with zero attached hydrogens (tertiary/aromatic N) is 3. The third-order valence-electron chi connectivity index (χ3n) is 5.04. The maximum atomic E-state index is 5.77. The number of methoxy groups -OCH3 is 1. The first-order valence-electron chi connectivity index (χ1n) is 7.74. The van der Waals surface area contributed by atoms with Crippen molar-refractivity contribution in [2.75, 3.05) is 20.2 Å². The molecule has 0 amide bonds. The standard InChI is InChI=1S/C16H25N3O/c1-13-17-9-14(10-18-13)11-19-8-4-7-16(12-19)6-3-5-15(16)20-2/h9-10,15H,3-8,11-12H2,1-2H3/t15-,16+/m1/s1. The monoisotopic (exact) mass is 275 g/mol. The van der Waals surface area contributed by atoms with Crippen molar-refractivity contribution < 1.29 is 4.74 Å². The number of piperidine rings is 1. The summed E-state index contributed by atoms with van der Waals surface area (Å²) in [5, 5.41) is 0. The Morgan fingerprint density at radius 2 is 2.05 bits per heavy atom. The Kier molecular flexibility index (Phi) is 4.03. The molecule has 1 aromatic heterocycles. The molecule has 0 aromatic carbocycles. The second kappa shape index (κ2) is 5.78. The van der Waals surface area contributed by atoms with Crippen LogP contribution in [0.4, 0.5) is 0 Å². The van der Waals surface area contributed by atoms with Gasteiger partial charge in [0, 0.05) is 43.6 Å². The Balaban J connectivity index is 1.67. The van der Waals surface area contributed by atoms with E-state index in [1.807, 2.05) is 26.4 Å². The van der Waals surface area contributed by atoms with Crippen molar-refractivity contribution in [3.63, 3.8) is 0 Å². The number of aryl methyl sites for hydroxylation is 1. The largest absolute Gasteiger partial charge is 0.381 e. The van der Waals surface area contributed by atoms with Crippen LogP contribution in [0.2, 0.25) is 0 Å². The number of aromatic nitrogens is 2. The van der Waals surface area contributed by atoms with Crippen LogP contribution in [0.1, 0.15) is 43.5 Å². The maximum absolute atomic E-state index is 5.77. The number of likely N-dealkylation sites (tertiary alicyclic amines) is 1. The zero-order valence-corrected chi connectivity index (χ0v) is 12.6. The summed E-state index contributed by atoms with van der Waals surface area (Å²) in [6.07, 6.45) is 10.9. The summed E-state index contributed by atoms with van der Waals surface area (Å²) >= 11 is 0. The van der Waals surface area contributed by atoms with Gasteiger partial charge in [-0.1, -0.05) is 6.42 Å². The van der Waals surface area contributed by atoms with Gasteiger partial charge in [-0.3, -0.25) is 4.90 Å². The third kappa shape index (κ3) is 2.72. The summed E-state index contributed by atoms with van der Waals surface area (Å²) in [5.41, 5.74) is 1.62. The van der Waals surface area contributed by atoms with Gasteiger partial charge in [0.05, 0.1) is 6.10 Å². The van der Waals surface area contributed by atoms with Crippen LogP contribution in [-0.2, 0) is 11.3 Å². The molecule has 3 rings (SSSR count). The molecule has 20 heavy (non-hydrogen) atoms. The highest BCUT2D eigenvalue weighted by Crippen LogP contribution is 2.46. The van der Waals surface area contributed by atoms with Crippen LogP contribution >= 0.6 is 0 Å². The smallest absolute Gasteiger partial charge is 0.125 e. The molecule has 2 fully saturated rings. The van der Waals surface area contributed by atoms with Gasteiger partial charge in [0.25, 0.3) is 0 Å². The van der Waals surface area contributed by atoms with Gasteiger partial charge in [-0.2, -0.15) is 0 Å². The molecule has 1 aliphatic heterocycles. The molecule has 1 aliphatic carbocycles. The summed E-state index contributed by atoms with van der Waals surface area (Å²) in [7, 11) is 1.88. The van der Waals surface area contributed by atoms with Crippen molar-refractivity contribution in [2.24, 2.45) is 5.41 Å². The van der Waals surface area contributed by atoms with E-state index in [-0.39, 0.29) is 0 Å². The lowest BCUT2D eigenvalue weighted by molar-refractivity contribution is -0.0366. The predicted molar refractivity (Wildman–Crippen MR) is 78.4 cm³/mol. The second-order valence-corrected chi connectivity index (χ2v) is 6.43. The van der Waals surface area contributed by atoms with E-state index >= 15 is 0 Å². The average molecular weight is 275 g/mol. The lowest BCUT2D eigenvalue weighted by atomic mass is 9.76. The van der Waals surface area contributed by atoms with E-state index in [1.165, 1.54) is 50.8 Å². The normalized spacial score (nSPS) is 31.0. The van der Waals surface area contributed by atoms with E-state index in [0.717, 1.165) is 12.4 Å². The van der Waals surface area contributed by atoms with Gasteiger partial charge >= 0.3 is 0 Å². The molecule has 2 heterocycles. The highest BCUT2D eigenvalue weighted by atomic mass is 16.5. The van der Waals surface area contributed by atoms with E-state index in [9.17, 15) is 0 Å². The molecule has 0 radical (unpaired) electrons. The van der Waals surface area contributed by atoms with Crippen molar-refractivity contribution in [1.82, 2.24) is 14.9 Å². The maximum Gasteiger partial charge on any atom is 0.125 e. The minimum absolute atomic E-state index is 0.401. The van der Waals surface area contributed by atoms with Crippen LogP contribution in [0.15, 0.2) is 12.4 Å². The zero-order valence-electron chi connectivity index (χ0n) is 12.6. The Morgan fingerprint density at radius 3 is 2.80 bits per heavy atom. The van der Waals surface area contributed by atoms with Gasteiger partial charge < -0.3 is 4.74 Å². The minimum atomic E-state index is 0.401. The minimum Gasteiger partial charge on any atom is -0.381 e. The molecule has 1 aromatic rings. The molecule has 2 aliphatic rings. The fourth-order valence-electron chi connectivity index (χ4n) is 4.09. The number of hydrogen-bond donors (Lipinski definition) is 0. The van der Waals surface area contributed by atoms with E-state index in [1.54, 1.807) is 0 Å². The number of hydrogen-bond acceptors (Lipinski definition) is 4. The quantitative estimate of drug-likeness (QED) is 0.850. The summed E-state index contributed by atoms with van der Waals surface area (Å²) < 4.78 is 5.77. The fraction of sp³-hybridized carbons (Fsp3) is 0.750. The van der Waals surface area contributed by atoms with E-state index in [2.05, 4.69) is 14.9 Å². The highest BCUT2D eigenvalue weighted by molar-refractivity contribution is 5.06. The molecule has 0 N–H and O–H groups in total. The molecule has 1 saturated carbocycles. The average Bonchev–Trinajstić information content (AvgIpc) is 2.83. The SMILES string of the molecule is CO[C@@H]1CCC[C@@]12CCCN(Cc1cnc(C)nc1)C2. The first-order valence-corrected chi connectivity index (χ1v) is 7.74. The van der Waals surface area contributed by atoms with Crippen LogP contribution in [0.25, 0.3) is 0 Å². The molecule has 1 spiro atoms. The van der Waals surface area contributed by atoms with E-state index in [4.69, 9.17) is 4.74 Å². The Bertz CT molecular complexity index is 448. The summed E-state index contributed by atoms with van der Waals surface area (Å²) in [6.45, 7) is 5.26. The van der Waals surface area contributed by atoms with Crippen molar-refractivity contribution in [3.8, 4) is 0 Å². The number of ether oxygens (including phenoxy) is 1. The van der Waals surface area contributed by atoms with Crippen LogP contribution in [0.3, 0.4) is 0 Å². The van der Waals surface area contributed by atoms with Gasteiger partial charge in [0.2, 0.25) is 0 Å². The van der Waals surface area contributed by atoms with E-state index < -0.39 is 0 Å². The van der Waals surface area contributed by atoms with Crippen LogP contribution in [-0.4, -0.2) is 41.2 Å². The van der Waals surface area contributed by atoms with Crippen molar-refractivity contribution in [1.29, 1.82) is 0 Å². The van der Waals surface area contributed by atoms with E-state index in [0.29, 0.717) is 11.5 Å². The fourth-order valence-corrected chi connectivity index (χ4v) is 4.09. The summed E-state index contributed by atoms with van der Waals surface area (Å²) in [5.74, 6) is 0.846. The predicted octanol–water partition coefficient (Wildman–Crippen LogP) is 2.57. The van der Waals surface area contributed by atoms with Gasteiger partial charge in [-0.25, -0.2) is 9.97 Å². The number of rotatable bonds is 3. The zero-order chi connectivity index (χ0) is 14.0. The van der Waals surface area contributed by atoms with Crippen molar-refractivity contribution >= 4 is 0 Å².